The normalized spacial score (nSPS) is 11.6. The largest absolute Gasteiger partial charge is 0.453 e. The van der Waals surface area contributed by atoms with Gasteiger partial charge in [-0.2, -0.15) is 0 Å². The molecule has 20 heavy (non-hydrogen) atoms. The van der Waals surface area contributed by atoms with Crippen molar-refractivity contribution in [1.29, 1.82) is 0 Å². The zero-order valence-electron chi connectivity index (χ0n) is 11.8. The number of nitrogens with two attached hydrogens (primary N) is 1. The highest BCUT2D eigenvalue weighted by molar-refractivity contribution is 5.91. The molecule has 1 atom stereocenters. The Morgan fingerprint density at radius 1 is 1.20 bits per heavy atom. The number of ether oxygens (including phenoxy) is 1. The fraction of sp³-hybridized carbons (Fsp3) is 0.429. The van der Waals surface area contributed by atoms with Crippen LogP contribution in [-0.4, -0.2) is 25.7 Å². The molecule has 0 saturated heterocycles. The van der Waals surface area contributed by atoms with Gasteiger partial charge in [0.15, 0.2) is 0 Å². The number of carbonyl (C=O) groups is 2. The molecular formula is C14H21N3O3. The molecule has 0 aliphatic rings. The summed E-state index contributed by atoms with van der Waals surface area (Å²) in [6.45, 7) is 2.60. The molecule has 0 aliphatic heterocycles. The molecule has 0 aliphatic carbocycles. The predicted octanol–water partition coefficient (Wildman–Crippen LogP) is 2.18. The zero-order valence-corrected chi connectivity index (χ0v) is 11.8. The van der Waals surface area contributed by atoms with Crippen LogP contribution in [0.5, 0.6) is 0 Å². The topological polar surface area (TPSA) is 93.5 Å². The summed E-state index contributed by atoms with van der Waals surface area (Å²) in [6.07, 6.45) is 0.683. The van der Waals surface area contributed by atoms with Crippen LogP contribution in [0.4, 0.5) is 16.2 Å². The second-order valence-corrected chi connectivity index (χ2v) is 4.62. The third-order valence-electron chi connectivity index (χ3n) is 2.87. The Labute approximate surface area is 118 Å². The Morgan fingerprint density at radius 3 is 2.25 bits per heavy atom. The van der Waals surface area contributed by atoms with E-state index in [1.807, 2.05) is 6.92 Å². The molecule has 0 bridgehead atoms. The summed E-state index contributed by atoms with van der Waals surface area (Å²) in [5, 5.41) is 5.32. The first-order chi connectivity index (χ1) is 9.55. The summed E-state index contributed by atoms with van der Waals surface area (Å²) in [4.78, 5) is 22.7. The first kappa shape index (κ1) is 16.0. The predicted molar refractivity (Wildman–Crippen MR) is 78.6 cm³/mol. The molecule has 1 aromatic rings. The van der Waals surface area contributed by atoms with Gasteiger partial charge in [-0.3, -0.25) is 10.1 Å². The van der Waals surface area contributed by atoms with Crippen LogP contribution in [0.15, 0.2) is 24.3 Å². The van der Waals surface area contributed by atoms with Gasteiger partial charge in [-0.1, -0.05) is 6.92 Å². The average Bonchev–Trinajstić information content (AvgIpc) is 2.46. The van der Waals surface area contributed by atoms with Crippen LogP contribution in [0, 0.1) is 5.92 Å². The van der Waals surface area contributed by atoms with E-state index in [4.69, 9.17) is 5.73 Å². The number of anilines is 2. The molecule has 1 unspecified atom stereocenters. The van der Waals surface area contributed by atoms with Crippen molar-refractivity contribution in [3.8, 4) is 0 Å². The highest BCUT2D eigenvalue weighted by Gasteiger charge is 2.06. The van der Waals surface area contributed by atoms with Crippen LogP contribution in [0.1, 0.15) is 19.8 Å². The molecule has 2 amide bonds. The number of hydrogen-bond donors (Lipinski definition) is 3. The molecule has 0 fully saturated rings. The molecule has 1 aromatic carbocycles. The van der Waals surface area contributed by atoms with Gasteiger partial charge in [0.2, 0.25) is 5.91 Å². The molecule has 0 saturated carbocycles. The fourth-order valence-corrected chi connectivity index (χ4v) is 1.52. The van der Waals surface area contributed by atoms with Crippen LogP contribution in [0.2, 0.25) is 0 Å². The lowest BCUT2D eigenvalue weighted by molar-refractivity contribution is -0.116. The molecule has 4 N–H and O–H groups in total. The Kier molecular flexibility index (Phi) is 6.52. The van der Waals surface area contributed by atoms with Gasteiger partial charge in [0.1, 0.15) is 0 Å². The van der Waals surface area contributed by atoms with E-state index in [2.05, 4.69) is 15.4 Å². The van der Waals surface area contributed by atoms with Crippen molar-refractivity contribution in [1.82, 2.24) is 0 Å². The van der Waals surface area contributed by atoms with E-state index in [1.165, 1.54) is 7.11 Å². The lowest BCUT2D eigenvalue weighted by Gasteiger charge is -2.09. The van der Waals surface area contributed by atoms with Gasteiger partial charge in [-0.15, -0.1) is 0 Å². The number of nitrogens with one attached hydrogen (secondary N) is 2. The number of benzene rings is 1. The summed E-state index contributed by atoms with van der Waals surface area (Å²) in [5.41, 5.74) is 6.79. The minimum atomic E-state index is -0.530. The van der Waals surface area contributed by atoms with Gasteiger partial charge in [0.05, 0.1) is 7.11 Å². The molecule has 0 spiro atoms. The van der Waals surface area contributed by atoms with Crippen molar-refractivity contribution in [2.75, 3.05) is 24.3 Å². The average molecular weight is 279 g/mol. The number of hydrogen-bond acceptors (Lipinski definition) is 4. The first-order valence-electron chi connectivity index (χ1n) is 6.50. The van der Waals surface area contributed by atoms with E-state index in [1.54, 1.807) is 24.3 Å². The molecule has 110 valence electrons. The molecule has 6 heteroatoms. The van der Waals surface area contributed by atoms with E-state index in [0.717, 1.165) is 6.42 Å². The fourth-order valence-electron chi connectivity index (χ4n) is 1.52. The maximum absolute atomic E-state index is 11.7. The monoisotopic (exact) mass is 279 g/mol. The van der Waals surface area contributed by atoms with Crippen LogP contribution >= 0.6 is 0 Å². The maximum atomic E-state index is 11.7. The van der Waals surface area contributed by atoms with Crippen molar-refractivity contribution in [2.24, 2.45) is 11.7 Å². The maximum Gasteiger partial charge on any atom is 0.411 e. The van der Waals surface area contributed by atoms with Crippen LogP contribution in [0.25, 0.3) is 0 Å². The van der Waals surface area contributed by atoms with E-state index < -0.39 is 6.09 Å². The van der Waals surface area contributed by atoms with Crippen molar-refractivity contribution >= 4 is 23.4 Å². The third kappa shape index (κ3) is 5.71. The standard InChI is InChI=1S/C14H21N3O3/c1-10(9-15)3-8-13(18)16-11-4-6-12(7-5-11)17-14(19)20-2/h4-7,10H,3,8-9,15H2,1-2H3,(H,16,18)(H,17,19). The van der Waals surface area contributed by atoms with Gasteiger partial charge in [0, 0.05) is 17.8 Å². The Morgan fingerprint density at radius 2 is 1.75 bits per heavy atom. The van der Waals surface area contributed by atoms with E-state index in [-0.39, 0.29) is 5.91 Å². The smallest absolute Gasteiger partial charge is 0.411 e. The lowest BCUT2D eigenvalue weighted by Crippen LogP contribution is -2.16. The molecule has 0 heterocycles. The summed E-state index contributed by atoms with van der Waals surface area (Å²) in [6, 6.07) is 6.81. The second kappa shape index (κ2) is 8.16. The van der Waals surface area contributed by atoms with E-state index >= 15 is 0 Å². The van der Waals surface area contributed by atoms with Crippen LogP contribution in [0.3, 0.4) is 0 Å². The van der Waals surface area contributed by atoms with Crippen LogP contribution < -0.4 is 16.4 Å². The third-order valence-corrected chi connectivity index (χ3v) is 2.87. The van der Waals surface area contributed by atoms with Gasteiger partial charge in [-0.25, -0.2) is 4.79 Å². The molecule has 0 radical (unpaired) electrons. The highest BCUT2D eigenvalue weighted by Crippen LogP contribution is 2.14. The number of amides is 2. The van der Waals surface area contributed by atoms with E-state index in [9.17, 15) is 9.59 Å². The molecule has 1 rings (SSSR count). The number of rotatable bonds is 6. The SMILES string of the molecule is COC(=O)Nc1ccc(NC(=O)CCC(C)CN)cc1. The van der Waals surface area contributed by atoms with Crippen molar-refractivity contribution in [3.63, 3.8) is 0 Å². The Bertz CT molecular complexity index is 445. The molecule has 0 aromatic heterocycles. The molecule has 6 nitrogen and oxygen atoms in total. The van der Waals surface area contributed by atoms with Crippen LogP contribution in [-0.2, 0) is 9.53 Å². The van der Waals surface area contributed by atoms with Crippen molar-refractivity contribution < 1.29 is 14.3 Å². The first-order valence-corrected chi connectivity index (χ1v) is 6.50. The number of carbonyl (C=O) groups excluding carboxylic acids is 2. The minimum Gasteiger partial charge on any atom is -0.453 e. The zero-order chi connectivity index (χ0) is 15.0. The second-order valence-electron chi connectivity index (χ2n) is 4.62. The van der Waals surface area contributed by atoms with Crippen molar-refractivity contribution in [3.05, 3.63) is 24.3 Å². The Hall–Kier alpha value is -2.08. The van der Waals surface area contributed by atoms with Gasteiger partial charge < -0.3 is 15.8 Å². The lowest BCUT2D eigenvalue weighted by atomic mass is 10.1. The highest BCUT2D eigenvalue weighted by atomic mass is 16.5. The summed E-state index contributed by atoms with van der Waals surface area (Å²) in [7, 11) is 1.30. The Balaban J connectivity index is 2.44. The van der Waals surface area contributed by atoms with Gasteiger partial charge in [0.25, 0.3) is 0 Å². The van der Waals surface area contributed by atoms with Gasteiger partial charge in [-0.05, 0) is 43.1 Å². The van der Waals surface area contributed by atoms with Gasteiger partial charge >= 0.3 is 6.09 Å². The van der Waals surface area contributed by atoms with Crippen molar-refractivity contribution in [2.45, 2.75) is 19.8 Å². The number of methoxy groups -OCH3 is 1. The quantitative estimate of drug-likeness (QED) is 0.744. The molecular weight excluding hydrogens is 258 g/mol. The summed E-state index contributed by atoms with van der Waals surface area (Å²) < 4.78 is 4.48. The van der Waals surface area contributed by atoms with E-state index in [0.29, 0.717) is 30.3 Å². The summed E-state index contributed by atoms with van der Waals surface area (Å²) in [5.74, 6) is 0.298. The summed E-state index contributed by atoms with van der Waals surface area (Å²) >= 11 is 0. The minimum absolute atomic E-state index is 0.0426.